The highest BCUT2D eigenvalue weighted by atomic mass is 16.5. The lowest BCUT2D eigenvalue weighted by Gasteiger charge is -2.15. The molecule has 1 atom stereocenters. The van der Waals surface area contributed by atoms with Gasteiger partial charge >= 0.3 is 5.97 Å². The van der Waals surface area contributed by atoms with Crippen molar-refractivity contribution in [1.82, 2.24) is 0 Å². The lowest BCUT2D eigenvalue weighted by molar-refractivity contribution is -0.123. The molecule has 0 spiro atoms. The largest absolute Gasteiger partial charge is 0.449 e. The van der Waals surface area contributed by atoms with Crippen LogP contribution in [0.25, 0.3) is 0 Å². The molecule has 120 valence electrons. The maximum atomic E-state index is 12.2. The van der Waals surface area contributed by atoms with Gasteiger partial charge in [-0.15, -0.1) is 0 Å². The zero-order valence-electron chi connectivity index (χ0n) is 13.4. The average molecular weight is 312 g/mol. The Balaban J connectivity index is 2.01. The van der Waals surface area contributed by atoms with Crippen molar-refractivity contribution in [2.24, 2.45) is 0 Å². The first-order valence-corrected chi connectivity index (χ1v) is 7.32. The summed E-state index contributed by atoms with van der Waals surface area (Å²) in [6, 6.07) is 12.0. The molecule has 2 aromatic carbocycles. The van der Waals surface area contributed by atoms with Gasteiger partial charge in [-0.3, -0.25) is 4.79 Å². The molecular weight excluding hydrogens is 292 g/mol. The van der Waals surface area contributed by atoms with E-state index < -0.39 is 12.1 Å². The van der Waals surface area contributed by atoms with Gasteiger partial charge in [-0.25, -0.2) is 4.79 Å². The number of nitrogen functional groups attached to an aromatic ring is 1. The van der Waals surface area contributed by atoms with E-state index in [9.17, 15) is 9.59 Å². The smallest absolute Gasteiger partial charge is 0.338 e. The average Bonchev–Trinajstić information content (AvgIpc) is 2.52. The van der Waals surface area contributed by atoms with Gasteiger partial charge in [-0.1, -0.05) is 12.1 Å². The molecule has 0 saturated carbocycles. The summed E-state index contributed by atoms with van der Waals surface area (Å²) in [5.41, 5.74) is 9.26. The van der Waals surface area contributed by atoms with Gasteiger partial charge < -0.3 is 15.8 Å². The number of hydrogen-bond acceptors (Lipinski definition) is 4. The van der Waals surface area contributed by atoms with Gasteiger partial charge in [0.1, 0.15) is 0 Å². The van der Waals surface area contributed by atoms with E-state index in [0.717, 1.165) is 11.1 Å². The molecule has 23 heavy (non-hydrogen) atoms. The quantitative estimate of drug-likeness (QED) is 0.671. The number of hydrogen-bond donors (Lipinski definition) is 2. The molecule has 2 rings (SSSR count). The lowest BCUT2D eigenvalue weighted by atomic mass is 10.1. The standard InChI is InChI=1S/C18H20N2O3/c1-11-5-4-6-16(12(11)2)20-17(21)13(3)23-18(22)14-7-9-15(19)10-8-14/h4-10,13H,19H2,1-3H3,(H,20,21). The minimum Gasteiger partial charge on any atom is -0.449 e. The van der Waals surface area contributed by atoms with E-state index >= 15 is 0 Å². The van der Waals surface area contributed by atoms with Gasteiger partial charge in [0.05, 0.1) is 5.56 Å². The van der Waals surface area contributed by atoms with E-state index in [1.807, 2.05) is 32.0 Å². The number of anilines is 2. The van der Waals surface area contributed by atoms with Crippen LogP contribution >= 0.6 is 0 Å². The predicted molar refractivity (Wildman–Crippen MR) is 90.3 cm³/mol. The molecule has 0 radical (unpaired) electrons. The van der Waals surface area contributed by atoms with Crippen LogP contribution in [0.4, 0.5) is 11.4 Å². The summed E-state index contributed by atoms with van der Waals surface area (Å²) >= 11 is 0. The number of nitrogens with two attached hydrogens (primary N) is 1. The van der Waals surface area contributed by atoms with Crippen molar-refractivity contribution >= 4 is 23.3 Å². The number of nitrogens with one attached hydrogen (secondary N) is 1. The van der Waals surface area contributed by atoms with Crippen molar-refractivity contribution in [2.75, 3.05) is 11.1 Å². The van der Waals surface area contributed by atoms with Crippen molar-refractivity contribution < 1.29 is 14.3 Å². The fourth-order valence-electron chi connectivity index (χ4n) is 2.02. The van der Waals surface area contributed by atoms with Crippen LogP contribution in [0, 0.1) is 13.8 Å². The van der Waals surface area contributed by atoms with Gasteiger partial charge in [0.15, 0.2) is 6.10 Å². The van der Waals surface area contributed by atoms with Crippen molar-refractivity contribution in [1.29, 1.82) is 0 Å². The summed E-state index contributed by atoms with van der Waals surface area (Å²) < 4.78 is 5.19. The summed E-state index contributed by atoms with van der Waals surface area (Å²) in [5, 5.41) is 2.78. The zero-order chi connectivity index (χ0) is 17.0. The number of ether oxygens (including phenoxy) is 1. The summed E-state index contributed by atoms with van der Waals surface area (Å²) in [5.74, 6) is -0.934. The molecule has 1 unspecified atom stereocenters. The van der Waals surface area contributed by atoms with Gasteiger partial charge in [0, 0.05) is 11.4 Å². The van der Waals surface area contributed by atoms with Crippen LogP contribution in [0.1, 0.15) is 28.4 Å². The second kappa shape index (κ2) is 6.96. The Morgan fingerprint density at radius 2 is 1.74 bits per heavy atom. The molecular formula is C18H20N2O3. The molecule has 5 heteroatoms. The van der Waals surface area contributed by atoms with Gasteiger partial charge in [-0.2, -0.15) is 0 Å². The highest BCUT2D eigenvalue weighted by Gasteiger charge is 2.19. The van der Waals surface area contributed by atoms with Crippen LogP contribution in [0.3, 0.4) is 0 Å². The van der Waals surface area contributed by atoms with Gasteiger partial charge in [0.25, 0.3) is 5.91 Å². The minimum atomic E-state index is -0.903. The van der Waals surface area contributed by atoms with Crippen molar-refractivity contribution in [3.63, 3.8) is 0 Å². The molecule has 0 heterocycles. The molecule has 0 fully saturated rings. The second-order valence-electron chi connectivity index (χ2n) is 5.41. The molecule has 0 aromatic heterocycles. The Labute approximate surface area is 135 Å². The molecule has 0 bridgehead atoms. The highest BCUT2D eigenvalue weighted by molar-refractivity contribution is 5.97. The lowest BCUT2D eigenvalue weighted by Crippen LogP contribution is -2.30. The molecule has 0 aliphatic rings. The minimum absolute atomic E-state index is 0.352. The number of rotatable bonds is 4. The van der Waals surface area contributed by atoms with Crippen LogP contribution in [0.15, 0.2) is 42.5 Å². The topological polar surface area (TPSA) is 81.4 Å². The van der Waals surface area contributed by atoms with Gasteiger partial charge in [0.2, 0.25) is 0 Å². The van der Waals surface area contributed by atoms with Crippen LogP contribution in [0.2, 0.25) is 0 Å². The number of carbonyl (C=O) groups excluding carboxylic acids is 2. The fourth-order valence-corrected chi connectivity index (χ4v) is 2.02. The number of benzene rings is 2. The maximum Gasteiger partial charge on any atom is 0.338 e. The molecule has 3 N–H and O–H groups in total. The Kier molecular flexibility index (Phi) is 5.01. The van der Waals surface area contributed by atoms with Crippen LogP contribution in [-0.2, 0) is 9.53 Å². The SMILES string of the molecule is Cc1cccc(NC(=O)C(C)OC(=O)c2ccc(N)cc2)c1C. The number of esters is 1. The Morgan fingerprint density at radius 3 is 2.39 bits per heavy atom. The van der Waals surface area contributed by atoms with E-state index in [1.165, 1.54) is 6.92 Å². The third-order valence-electron chi connectivity index (χ3n) is 3.66. The third-order valence-corrected chi connectivity index (χ3v) is 3.66. The first kappa shape index (κ1) is 16.5. The van der Waals surface area contributed by atoms with Gasteiger partial charge in [-0.05, 0) is 62.2 Å². The van der Waals surface area contributed by atoms with Crippen molar-refractivity contribution in [3.05, 3.63) is 59.2 Å². The fraction of sp³-hybridized carbons (Fsp3) is 0.222. The zero-order valence-corrected chi connectivity index (χ0v) is 13.4. The van der Waals surface area contributed by atoms with Crippen LogP contribution in [-0.4, -0.2) is 18.0 Å². The number of carbonyl (C=O) groups is 2. The van der Waals surface area contributed by atoms with Crippen molar-refractivity contribution in [2.45, 2.75) is 26.9 Å². The summed E-state index contributed by atoms with van der Waals surface area (Å²) in [6.45, 7) is 5.43. The van der Waals surface area contributed by atoms with Crippen LogP contribution < -0.4 is 11.1 Å². The highest BCUT2D eigenvalue weighted by Crippen LogP contribution is 2.18. The van der Waals surface area contributed by atoms with E-state index in [-0.39, 0.29) is 5.91 Å². The first-order chi connectivity index (χ1) is 10.9. The van der Waals surface area contributed by atoms with E-state index in [0.29, 0.717) is 16.9 Å². The molecule has 0 aliphatic carbocycles. The number of amides is 1. The van der Waals surface area contributed by atoms with Crippen LogP contribution in [0.5, 0.6) is 0 Å². The van der Waals surface area contributed by atoms with Crippen molar-refractivity contribution in [3.8, 4) is 0 Å². The Hall–Kier alpha value is -2.82. The molecule has 0 aliphatic heterocycles. The third kappa shape index (κ3) is 4.10. The maximum absolute atomic E-state index is 12.2. The summed E-state index contributed by atoms with van der Waals surface area (Å²) in [6.07, 6.45) is -0.903. The van der Waals surface area contributed by atoms with E-state index in [4.69, 9.17) is 10.5 Å². The van der Waals surface area contributed by atoms with E-state index in [1.54, 1.807) is 24.3 Å². The Bertz CT molecular complexity index is 724. The van der Waals surface area contributed by atoms with E-state index in [2.05, 4.69) is 5.32 Å². The first-order valence-electron chi connectivity index (χ1n) is 7.32. The predicted octanol–water partition coefficient (Wildman–Crippen LogP) is 3.07. The normalized spacial score (nSPS) is 11.6. The molecule has 5 nitrogen and oxygen atoms in total. The summed E-state index contributed by atoms with van der Waals surface area (Å²) in [4.78, 5) is 24.2. The Morgan fingerprint density at radius 1 is 1.09 bits per heavy atom. The molecule has 2 aromatic rings. The molecule has 0 saturated heterocycles. The molecule has 1 amide bonds. The second-order valence-corrected chi connectivity index (χ2v) is 5.41. The monoisotopic (exact) mass is 312 g/mol. The number of aryl methyl sites for hydroxylation is 1. The summed E-state index contributed by atoms with van der Waals surface area (Å²) in [7, 11) is 0.